The van der Waals surface area contributed by atoms with E-state index in [9.17, 15) is 13.6 Å². The number of aromatic nitrogens is 3. The van der Waals surface area contributed by atoms with Crippen LogP contribution in [0.15, 0.2) is 30.6 Å². The number of aryl methyl sites for hydroxylation is 1. The summed E-state index contributed by atoms with van der Waals surface area (Å²) >= 11 is 0. The van der Waals surface area contributed by atoms with E-state index in [-0.39, 0.29) is 6.61 Å². The molecule has 30 heavy (non-hydrogen) atoms. The number of nitrogens with one attached hydrogen (secondary N) is 1. The normalized spacial score (nSPS) is 16.1. The second-order valence-corrected chi connectivity index (χ2v) is 7.79. The number of amides is 1. The molecule has 9 heteroatoms. The summed E-state index contributed by atoms with van der Waals surface area (Å²) < 4.78 is 33.3. The highest BCUT2D eigenvalue weighted by Gasteiger charge is 2.28. The molecule has 1 fully saturated rings. The summed E-state index contributed by atoms with van der Waals surface area (Å²) in [5, 5.41) is 3.26. The molecule has 0 unspecified atom stereocenters. The number of fused-ring (bicyclic) bond motifs is 2. The molecule has 0 radical (unpaired) electrons. The number of ether oxygens (including phenoxy) is 1. The van der Waals surface area contributed by atoms with E-state index in [0.29, 0.717) is 22.9 Å². The fraction of sp³-hybridized carbons (Fsp3) is 0.381. The van der Waals surface area contributed by atoms with Crippen molar-refractivity contribution < 1.29 is 18.3 Å². The van der Waals surface area contributed by atoms with E-state index in [1.165, 1.54) is 12.8 Å². The molecular weight excluding hydrogens is 392 g/mol. The van der Waals surface area contributed by atoms with Gasteiger partial charge in [-0.05, 0) is 37.8 Å². The van der Waals surface area contributed by atoms with Crippen molar-refractivity contribution in [3.63, 3.8) is 0 Å². The average Bonchev–Trinajstić information content (AvgIpc) is 3.43. The largest absolute Gasteiger partial charge is 0.481 e. The Kier molecular flexibility index (Phi) is 4.52. The summed E-state index contributed by atoms with van der Waals surface area (Å²) in [6.07, 6.45) is 1.77. The zero-order chi connectivity index (χ0) is 20.8. The molecule has 0 bridgehead atoms. The van der Waals surface area contributed by atoms with Gasteiger partial charge >= 0.3 is 0 Å². The second-order valence-electron chi connectivity index (χ2n) is 7.79. The van der Waals surface area contributed by atoms with Crippen LogP contribution in [0.5, 0.6) is 5.75 Å². The van der Waals surface area contributed by atoms with E-state index in [0.717, 1.165) is 34.1 Å². The summed E-state index contributed by atoms with van der Waals surface area (Å²) in [5.41, 5.74) is 3.78. The number of anilines is 3. The van der Waals surface area contributed by atoms with Gasteiger partial charge in [-0.25, -0.2) is 18.7 Å². The number of nitrogens with zero attached hydrogens (tertiary/aromatic N) is 4. The van der Waals surface area contributed by atoms with Gasteiger partial charge in [-0.1, -0.05) is 0 Å². The second kappa shape index (κ2) is 7.23. The highest BCUT2D eigenvalue weighted by atomic mass is 19.3. The molecule has 0 saturated heterocycles. The fourth-order valence-corrected chi connectivity index (χ4v) is 3.77. The Labute approximate surface area is 171 Å². The lowest BCUT2D eigenvalue weighted by molar-refractivity contribution is -0.121. The highest BCUT2D eigenvalue weighted by Crippen LogP contribution is 2.36. The van der Waals surface area contributed by atoms with Gasteiger partial charge in [0.15, 0.2) is 6.61 Å². The van der Waals surface area contributed by atoms with Crippen molar-refractivity contribution in [3.05, 3.63) is 36.3 Å². The van der Waals surface area contributed by atoms with Gasteiger partial charge in [0.05, 0.1) is 29.8 Å². The molecule has 2 aromatic heterocycles. The van der Waals surface area contributed by atoms with E-state index < -0.39 is 18.9 Å². The number of rotatable bonds is 6. The van der Waals surface area contributed by atoms with E-state index in [1.807, 2.05) is 19.3 Å². The maximum Gasteiger partial charge on any atom is 0.265 e. The summed E-state index contributed by atoms with van der Waals surface area (Å²) in [6.45, 7) is 1.98. The number of alkyl halides is 2. The molecule has 5 rings (SSSR count). The molecule has 1 aromatic carbocycles. The summed E-state index contributed by atoms with van der Waals surface area (Å²) in [7, 11) is 0. The molecule has 156 valence electrons. The lowest BCUT2D eigenvalue weighted by Crippen LogP contribution is -2.41. The molecule has 0 spiro atoms. The first kappa shape index (κ1) is 18.8. The van der Waals surface area contributed by atoms with Crippen LogP contribution in [0, 0.1) is 12.8 Å². The van der Waals surface area contributed by atoms with E-state index in [1.54, 1.807) is 18.2 Å². The van der Waals surface area contributed by atoms with Gasteiger partial charge in [-0.15, -0.1) is 0 Å². The Morgan fingerprint density at radius 3 is 2.90 bits per heavy atom. The van der Waals surface area contributed by atoms with Crippen LogP contribution >= 0.6 is 0 Å². The van der Waals surface area contributed by atoms with Gasteiger partial charge in [0.1, 0.15) is 17.1 Å². The Morgan fingerprint density at radius 2 is 2.13 bits per heavy atom. The predicted octanol–water partition coefficient (Wildman–Crippen LogP) is 3.88. The Bertz CT molecular complexity index is 1130. The minimum Gasteiger partial charge on any atom is -0.481 e. The molecule has 1 N–H and O–H groups in total. The number of hydrogen-bond donors (Lipinski definition) is 1. The highest BCUT2D eigenvalue weighted by molar-refractivity contribution is 5.98. The first-order valence-corrected chi connectivity index (χ1v) is 9.93. The first-order chi connectivity index (χ1) is 14.5. The maximum absolute atomic E-state index is 12.8. The van der Waals surface area contributed by atoms with Crippen molar-refractivity contribution >= 4 is 34.1 Å². The minimum atomic E-state index is -2.61. The smallest absolute Gasteiger partial charge is 0.265 e. The molecule has 7 nitrogen and oxygen atoms in total. The van der Waals surface area contributed by atoms with Crippen LogP contribution in [0.2, 0.25) is 0 Å². The Morgan fingerprint density at radius 1 is 1.30 bits per heavy atom. The molecule has 1 aliphatic heterocycles. The van der Waals surface area contributed by atoms with Crippen LogP contribution in [0.25, 0.3) is 11.0 Å². The van der Waals surface area contributed by atoms with Gasteiger partial charge in [-0.3, -0.25) is 4.79 Å². The monoisotopic (exact) mass is 413 g/mol. The van der Waals surface area contributed by atoms with Gasteiger partial charge in [0.25, 0.3) is 12.3 Å². The van der Waals surface area contributed by atoms with Crippen LogP contribution in [0.3, 0.4) is 0 Å². The molecule has 1 aliphatic carbocycles. The minimum absolute atomic E-state index is 0.257. The van der Waals surface area contributed by atoms with E-state index in [4.69, 9.17) is 4.74 Å². The average molecular weight is 413 g/mol. The van der Waals surface area contributed by atoms with Crippen LogP contribution in [0.1, 0.15) is 18.5 Å². The topological polar surface area (TPSA) is 72.3 Å². The van der Waals surface area contributed by atoms with Crippen LogP contribution < -0.4 is 15.0 Å². The quantitative estimate of drug-likeness (QED) is 0.664. The number of carbonyl (C=O) groups is 1. The van der Waals surface area contributed by atoms with E-state index >= 15 is 0 Å². The Hall–Kier alpha value is -3.23. The van der Waals surface area contributed by atoms with Crippen molar-refractivity contribution in [2.24, 2.45) is 5.92 Å². The number of pyridine rings is 1. The van der Waals surface area contributed by atoms with Crippen LogP contribution in [0.4, 0.5) is 26.0 Å². The molecule has 1 amide bonds. The predicted molar refractivity (Wildman–Crippen MR) is 109 cm³/mol. The zero-order valence-electron chi connectivity index (χ0n) is 16.4. The molecule has 0 atom stereocenters. The SMILES string of the molecule is Cc1nc(Nc2ccc3c(c2)OCC(=O)N3CC(F)F)cc2c1ncn2CC1CC1. The molecule has 2 aliphatic rings. The number of halogens is 2. The third-order valence-corrected chi connectivity index (χ3v) is 5.43. The van der Waals surface area contributed by atoms with Gasteiger partial charge in [0, 0.05) is 24.4 Å². The van der Waals surface area contributed by atoms with Crippen LogP contribution in [-0.2, 0) is 11.3 Å². The molecule has 1 saturated carbocycles. The molecule has 3 heterocycles. The van der Waals surface area contributed by atoms with Crippen molar-refractivity contribution in [2.75, 3.05) is 23.4 Å². The molecule has 3 aromatic rings. The fourth-order valence-electron chi connectivity index (χ4n) is 3.77. The summed E-state index contributed by atoms with van der Waals surface area (Å²) in [5.74, 6) is 1.30. The van der Waals surface area contributed by atoms with Crippen LogP contribution in [-0.4, -0.2) is 40.0 Å². The van der Waals surface area contributed by atoms with Gasteiger partial charge in [0.2, 0.25) is 0 Å². The number of benzene rings is 1. The third kappa shape index (κ3) is 3.55. The van der Waals surface area contributed by atoms with Crippen molar-refractivity contribution in [3.8, 4) is 5.75 Å². The molecular formula is C21H21F2N5O2. The maximum atomic E-state index is 12.8. The number of imidazole rings is 1. The lowest BCUT2D eigenvalue weighted by atomic mass is 10.2. The van der Waals surface area contributed by atoms with Gasteiger partial charge < -0.3 is 19.5 Å². The number of hydrogen-bond acceptors (Lipinski definition) is 5. The summed E-state index contributed by atoms with van der Waals surface area (Å²) in [6, 6.07) is 7.00. The number of carbonyl (C=O) groups excluding carboxylic acids is 1. The van der Waals surface area contributed by atoms with Crippen molar-refractivity contribution in [1.29, 1.82) is 0 Å². The van der Waals surface area contributed by atoms with Crippen molar-refractivity contribution in [1.82, 2.24) is 14.5 Å². The standard InChI is InChI=1S/C21H21F2N5O2/c1-12-21-16(27(11-24-21)8-13-2-3-13)7-19(25-12)26-14-4-5-15-17(6-14)30-10-20(29)28(15)9-18(22)23/h4-7,11,13,18H,2-3,8-10H2,1H3,(H,25,26). The van der Waals surface area contributed by atoms with E-state index in [2.05, 4.69) is 19.9 Å². The summed E-state index contributed by atoms with van der Waals surface area (Å²) in [4.78, 5) is 22.1. The third-order valence-electron chi connectivity index (χ3n) is 5.43. The zero-order valence-corrected chi connectivity index (χ0v) is 16.4. The lowest BCUT2D eigenvalue weighted by Gasteiger charge is -2.29. The van der Waals surface area contributed by atoms with Crippen molar-refractivity contribution in [2.45, 2.75) is 32.7 Å². The Balaban J connectivity index is 1.43. The van der Waals surface area contributed by atoms with Gasteiger partial charge in [-0.2, -0.15) is 0 Å². The first-order valence-electron chi connectivity index (χ1n) is 9.93.